The van der Waals surface area contributed by atoms with Gasteiger partial charge in [0.1, 0.15) is 6.26 Å². The molecule has 7 heteroatoms. The molecule has 0 aliphatic carbocycles. The first-order valence-corrected chi connectivity index (χ1v) is 9.53. The zero-order valence-electron chi connectivity index (χ0n) is 15.8. The SMILES string of the molecule is CC[C@@H](O)CN1CCN(Cc2nc(C(=O)NCc3ccccc3)co2)CC1. The number of amides is 1. The Morgan fingerprint density at radius 1 is 1.22 bits per heavy atom. The Bertz CT molecular complexity index is 711. The van der Waals surface area contributed by atoms with Gasteiger partial charge in [-0.1, -0.05) is 37.3 Å². The second kappa shape index (κ2) is 9.64. The molecule has 2 aromatic rings. The van der Waals surface area contributed by atoms with E-state index in [2.05, 4.69) is 20.1 Å². The maximum Gasteiger partial charge on any atom is 0.273 e. The van der Waals surface area contributed by atoms with Crippen molar-refractivity contribution in [3.05, 3.63) is 53.7 Å². The predicted molar refractivity (Wildman–Crippen MR) is 102 cm³/mol. The minimum atomic E-state index is -0.250. The first-order chi connectivity index (χ1) is 13.1. The van der Waals surface area contributed by atoms with Gasteiger partial charge in [-0.25, -0.2) is 4.98 Å². The van der Waals surface area contributed by atoms with Crippen LogP contribution in [0.2, 0.25) is 0 Å². The number of aliphatic hydroxyl groups excluding tert-OH is 1. The topological polar surface area (TPSA) is 81.8 Å². The molecule has 1 fully saturated rings. The molecule has 2 heterocycles. The molecule has 1 aromatic heterocycles. The van der Waals surface area contributed by atoms with E-state index in [9.17, 15) is 9.90 Å². The van der Waals surface area contributed by atoms with Gasteiger partial charge in [-0.05, 0) is 12.0 Å². The molecule has 146 valence electrons. The number of carbonyl (C=O) groups excluding carboxylic acids is 1. The molecule has 0 radical (unpaired) electrons. The third kappa shape index (κ3) is 5.89. The molecule has 0 unspecified atom stereocenters. The van der Waals surface area contributed by atoms with Crippen LogP contribution in [0.25, 0.3) is 0 Å². The number of benzene rings is 1. The van der Waals surface area contributed by atoms with Crippen LogP contribution in [0.5, 0.6) is 0 Å². The standard InChI is InChI=1S/C20H28N4O3/c1-2-17(25)13-23-8-10-24(11-9-23)14-19-22-18(15-27-19)20(26)21-12-16-6-4-3-5-7-16/h3-7,15,17,25H,2,8-14H2,1H3,(H,21,26)/t17-/m1/s1. The zero-order valence-corrected chi connectivity index (χ0v) is 15.8. The summed E-state index contributed by atoms with van der Waals surface area (Å²) in [5, 5.41) is 12.6. The number of hydrogen-bond acceptors (Lipinski definition) is 6. The largest absolute Gasteiger partial charge is 0.447 e. The summed E-state index contributed by atoms with van der Waals surface area (Å²) in [6.07, 6.45) is 1.95. The number of rotatable bonds is 8. The van der Waals surface area contributed by atoms with Crippen LogP contribution in [0.15, 0.2) is 41.0 Å². The van der Waals surface area contributed by atoms with E-state index in [-0.39, 0.29) is 12.0 Å². The molecule has 1 saturated heterocycles. The summed E-state index contributed by atoms with van der Waals surface area (Å²) < 4.78 is 5.48. The van der Waals surface area contributed by atoms with Crippen molar-refractivity contribution >= 4 is 5.91 Å². The van der Waals surface area contributed by atoms with E-state index in [1.807, 2.05) is 37.3 Å². The predicted octanol–water partition coefficient (Wildman–Crippen LogP) is 1.49. The highest BCUT2D eigenvalue weighted by Crippen LogP contribution is 2.10. The van der Waals surface area contributed by atoms with Gasteiger partial charge in [0.05, 0.1) is 12.6 Å². The van der Waals surface area contributed by atoms with E-state index >= 15 is 0 Å². The second-order valence-corrected chi connectivity index (χ2v) is 6.93. The Hall–Kier alpha value is -2.22. The van der Waals surface area contributed by atoms with Crippen molar-refractivity contribution in [2.24, 2.45) is 0 Å². The summed E-state index contributed by atoms with van der Waals surface area (Å²) in [4.78, 5) is 21.1. The van der Waals surface area contributed by atoms with E-state index in [4.69, 9.17) is 4.42 Å². The average Bonchev–Trinajstić information content (AvgIpc) is 3.17. The second-order valence-electron chi connectivity index (χ2n) is 6.93. The summed E-state index contributed by atoms with van der Waals surface area (Å²) >= 11 is 0. The Kier molecular flexibility index (Phi) is 6.98. The van der Waals surface area contributed by atoms with E-state index < -0.39 is 0 Å². The van der Waals surface area contributed by atoms with Crippen LogP contribution >= 0.6 is 0 Å². The van der Waals surface area contributed by atoms with E-state index in [1.165, 1.54) is 6.26 Å². The van der Waals surface area contributed by atoms with Crippen LogP contribution in [0.1, 0.15) is 35.3 Å². The smallest absolute Gasteiger partial charge is 0.273 e. The summed E-state index contributed by atoms with van der Waals surface area (Å²) in [7, 11) is 0. The van der Waals surface area contributed by atoms with Crippen molar-refractivity contribution in [3.63, 3.8) is 0 Å². The summed E-state index contributed by atoms with van der Waals surface area (Å²) in [6, 6.07) is 9.76. The van der Waals surface area contributed by atoms with Gasteiger partial charge in [0.2, 0.25) is 5.89 Å². The van der Waals surface area contributed by atoms with Gasteiger partial charge < -0.3 is 14.8 Å². The number of oxazole rings is 1. The summed E-state index contributed by atoms with van der Waals surface area (Å²) in [6.45, 7) is 7.42. The summed E-state index contributed by atoms with van der Waals surface area (Å²) in [5.74, 6) is 0.328. The first-order valence-electron chi connectivity index (χ1n) is 9.53. The molecule has 27 heavy (non-hydrogen) atoms. The number of nitrogens with zero attached hydrogens (tertiary/aromatic N) is 3. The van der Waals surface area contributed by atoms with Gasteiger partial charge in [-0.3, -0.25) is 14.6 Å². The van der Waals surface area contributed by atoms with Crippen molar-refractivity contribution in [3.8, 4) is 0 Å². The molecular weight excluding hydrogens is 344 g/mol. The van der Waals surface area contributed by atoms with Crippen molar-refractivity contribution < 1.29 is 14.3 Å². The third-order valence-electron chi connectivity index (χ3n) is 4.84. The van der Waals surface area contributed by atoms with Crippen molar-refractivity contribution in [1.82, 2.24) is 20.1 Å². The molecule has 0 saturated carbocycles. The number of aromatic nitrogens is 1. The highest BCUT2D eigenvalue weighted by molar-refractivity contribution is 5.91. The lowest BCUT2D eigenvalue weighted by Gasteiger charge is -2.34. The number of carbonyl (C=O) groups is 1. The summed E-state index contributed by atoms with van der Waals surface area (Å²) in [5.41, 5.74) is 1.35. The fourth-order valence-electron chi connectivity index (χ4n) is 3.10. The fourth-order valence-corrected chi connectivity index (χ4v) is 3.10. The Morgan fingerprint density at radius 3 is 2.63 bits per heavy atom. The maximum atomic E-state index is 12.2. The number of nitrogens with one attached hydrogen (secondary N) is 1. The molecule has 1 amide bonds. The van der Waals surface area contributed by atoms with Crippen LogP contribution in [-0.2, 0) is 13.1 Å². The number of β-amino-alcohol motifs (C(OH)–C–C–N with tert-alkyl or cyclic N) is 1. The molecule has 0 bridgehead atoms. The van der Waals surface area contributed by atoms with Crippen LogP contribution < -0.4 is 5.32 Å². The Balaban J connectivity index is 1.43. The van der Waals surface area contributed by atoms with Gasteiger partial charge in [0.25, 0.3) is 5.91 Å². The molecular formula is C20H28N4O3. The molecule has 1 aliphatic heterocycles. The molecule has 0 spiro atoms. The molecule has 1 aliphatic rings. The lowest BCUT2D eigenvalue weighted by molar-refractivity contribution is 0.0658. The van der Waals surface area contributed by atoms with Crippen LogP contribution in [0.3, 0.4) is 0 Å². The maximum absolute atomic E-state index is 12.2. The first kappa shape index (κ1) is 19.5. The number of hydrogen-bond donors (Lipinski definition) is 2. The highest BCUT2D eigenvalue weighted by Gasteiger charge is 2.21. The van der Waals surface area contributed by atoms with Gasteiger partial charge in [0, 0.05) is 39.3 Å². The monoisotopic (exact) mass is 372 g/mol. The molecule has 1 atom stereocenters. The number of aliphatic hydroxyl groups is 1. The highest BCUT2D eigenvalue weighted by atomic mass is 16.3. The van der Waals surface area contributed by atoms with Crippen LogP contribution in [-0.4, -0.2) is 64.6 Å². The normalized spacial score (nSPS) is 17.0. The average molecular weight is 372 g/mol. The van der Waals surface area contributed by atoms with E-state index in [1.54, 1.807) is 0 Å². The van der Waals surface area contributed by atoms with E-state index in [0.717, 1.165) is 44.7 Å². The quantitative estimate of drug-likeness (QED) is 0.731. The van der Waals surface area contributed by atoms with Gasteiger partial charge >= 0.3 is 0 Å². The van der Waals surface area contributed by atoms with Gasteiger partial charge in [0.15, 0.2) is 5.69 Å². The zero-order chi connectivity index (χ0) is 19.1. The van der Waals surface area contributed by atoms with E-state index in [0.29, 0.717) is 24.7 Å². The third-order valence-corrected chi connectivity index (χ3v) is 4.84. The van der Waals surface area contributed by atoms with Crippen molar-refractivity contribution in [2.75, 3.05) is 32.7 Å². The van der Waals surface area contributed by atoms with Crippen molar-refractivity contribution in [1.29, 1.82) is 0 Å². The number of piperazine rings is 1. The molecule has 7 nitrogen and oxygen atoms in total. The lowest BCUT2D eigenvalue weighted by atomic mass is 10.2. The van der Waals surface area contributed by atoms with Crippen molar-refractivity contribution in [2.45, 2.75) is 32.5 Å². The Labute approximate surface area is 160 Å². The molecule has 2 N–H and O–H groups in total. The molecule has 3 rings (SSSR count). The molecule has 1 aromatic carbocycles. The van der Waals surface area contributed by atoms with Crippen LogP contribution in [0, 0.1) is 0 Å². The van der Waals surface area contributed by atoms with Gasteiger partial charge in [-0.15, -0.1) is 0 Å². The fraction of sp³-hybridized carbons (Fsp3) is 0.500. The lowest BCUT2D eigenvalue weighted by Crippen LogP contribution is -2.48. The van der Waals surface area contributed by atoms with Crippen LogP contribution in [0.4, 0.5) is 0 Å². The van der Waals surface area contributed by atoms with Gasteiger partial charge in [-0.2, -0.15) is 0 Å². The minimum absolute atomic E-state index is 0.229. The minimum Gasteiger partial charge on any atom is -0.447 e. The Morgan fingerprint density at radius 2 is 1.93 bits per heavy atom.